The molecule has 1 rings (SSSR count). The van der Waals surface area contributed by atoms with E-state index in [-0.39, 0.29) is 5.91 Å². The number of nitrogens with two attached hydrogens (primary N) is 2. The van der Waals surface area contributed by atoms with E-state index in [1.165, 1.54) is 0 Å². The average molecular weight is 219 g/mol. The van der Waals surface area contributed by atoms with Gasteiger partial charge in [0.2, 0.25) is 0 Å². The molecule has 0 unspecified atom stereocenters. The molecular formula is C12H17N3O. The summed E-state index contributed by atoms with van der Waals surface area (Å²) in [7, 11) is 0. The van der Waals surface area contributed by atoms with Crippen LogP contribution in [0.2, 0.25) is 0 Å². The van der Waals surface area contributed by atoms with Crippen LogP contribution in [0.25, 0.3) is 0 Å². The van der Waals surface area contributed by atoms with Crippen LogP contribution in [0, 0.1) is 0 Å². The summed E-state index contributed by atoms with van der Waals surface area (Å²) < 4.78 is 0. The van der Waals surface area contributed by atoms with E-state index in [0.717, 1.165) is 0 Å². The molecule has 86 valence electrons. The number of carbonyl (C=O) groups is 1. The standard InChI is InChI=1S/C12H17N3O/c1-3-7-15(4-2)12(16)10-6-5-9(13)8-11(10)14/h3,5-6,8H,1,4,7,13-14H2,2H3. The topological polar surface area (TPSA) is 72.3 Å². The van der Waals surface area contributed by atoms with Crippen LogP contribution in [0.1, 0.15) is 17.3 Å². The van der Waals surface area contributed by atoms with E-state index in [1.54, 1.807) is 29.2 Å². The number of anilines is 2. The SMILES string of the molecule is C=CCN(CC)C(=O)c1ccc(N)cc1N. The third kappa shape index (κ3) is 2.53. The zero-order chi connectivity index (χ0) is 12.1. The second kappa shape index (κ2) is 5.21. The first-order valence-corrected chi connectivity index (χ1v) is 5.15. The molecule has 0 fully saturated rings. The number of nitrogens with zero attached hydrogens (tertiary/aromatic N) is 1. The zero-order valence-corrected chi connectivity index (χ0v) is 9.44. The average Bonchev–Trinajstić information content (AvgIpc) is 2.25. The lowest BCUT2D eigenvalue weighted by Gasteiger charge is -2.19. The number of likely N-dealkylation sites (N-methyl/N-ethyl adjacent to an activating group) is 1. The van der Waals surface area contributed by atoms with Crippen molar-refractivity contribution in [3.63, 3.8) is 0 Å². The Hall–Kier alpha value is -1.97. The van der Waals surface area contributed by atoms with Crippen molar-refractivity contribution in [1.82, 2.24) is 4.90 Å². The van der Waals surface area contributed by atoms with Gasteiger partial charge >= 0.3 is 0 Å². The fourth-order valence-corrected chi connectivity index (χ4v) is 1.46. The molecule has 0 aromatic heterocycles. The summed E-state index contributed by atoms with van der Waals surface area (Å²) in [5, 5.41) is 0. The summed E-state index contributed by atoms with van der Waals surface area (Å²) in [5.41, 5.74) is 12.8. The molecule has 0 bridgehead atoms. The summed E-state index contributed by atoms with van der Waals surface area (Å²) in [6, 6.07) is 4.92. The van der Waals surface area contributed by atoms with Crippen LogP contribution in [0.3, 0.4) is 0 Å². The lowest BCUT2D eigenvalue weighted by Crippen LogP contribution is -2.31. The van der Waals surface area contributed by atoms with Gasteiger partial charge in [0.15, 0.2) is 0 Å². The highest BCUT2D eigenvalue weighted by atomic mass is 16.2. The molecule has 0 saturated heterocycles. The molecule has 0 radical (unpaired) electrons. The molecule has 4 N–H and O–H groups in total. The summed E-state index contributed by atoms with van der Waals surface area (Å²) in [4.78, 5) is 13.7. The Morgan fingerprint density at radius 2 is 2.19 bits per heavy atom. The van der Waals surface area contributed by atoms with Crippen molar-refractivity contribution in [1.29, 1.82) is 0 Å². The van der Waals surface area contributed by atoms with Crippen LogP contribution in [0.5, 0.6) is 0 Å². The van der Waals surface area contributed by atoms with Crippen LogP contribution in [-0.2, 0) is 0 Å². The van der Waals surface area contributed by atoms with Crippen molar-refractivity contribution in [3.8, 4) is 0 Å². The predicted molar refractivity (Wildman–Crippen MR) is 67.0 cm³/mol. The van der Waals surface area contributed by atoms with Gasteiger partial charge in [-0.25, -0.2) is 0 Å². The van der Waals surface area contributed by atoms with E-state index < -0.39 is 0 Å². The van der Waals surface area contributed by atoms with Gasteiger partial charge in [0, 0.05) is 24.5 Å². The Morgan fingerprint density at radius 3 is 2.69 bits per heavy atom. The van der Waals surface area contributed by atoms with Crippen LogP contribution in [-0.4, -0.2) is 23.9 Å². The summed E-state index contributed by atoms with van der Waals surface area (Å²) in [6.07, 6.45) is 1.69. The normalized spacial score (nSPS) is 9.81. The van der Waals surface area contributed by atoms with Crippen molar-refractivity contribution in [3.05, 3.63) is 36.4 Å². The highest BCUT2D eigenvalue weighted by Crippen LogP contribution is 2.17. The minimum atomic E-state index is -0.0973. The number of hydrogen-bond donors (Lipinski definition) is 2. The zero-order valence-electron chi connectivity index (χ0n) is 9.44. The smallest absolute Gasteiger partial charge is 0.256 e. The first-order valence-electron chi connectivity index (χ1n) is 5.15. The van der Waals surface area contributed by atoms with Crippen molar-refractivity contribution in [2.75, 3.05) is 24.6 Å². The molecule has 1 aromatic carbocycles. The minimum absolute atomic E-state index is 0.0973. The molecule has 0 spiro atoms. The van der Waals surface area contributed by atoms with Crippen molar-refractivity contribution in [2.24, 2.45) is 0 Å². The van der Waals surface area contributed by atoms with E-state index in [2.05, 4.69) is 6.58 Å². The predicted octanol–water partition coefficient (Wildman–Crippen LogP) is 1.50. The van der Waals surface area contributed by atoms with Gasteiger partial charge in [-0.3, -0.25) is 4.79 Å². The monoisotopic (exact) mass is 219 g/mol. The highest BCUT2D eigenvalue weighted by molar-refractivity contribution is 5.99. The second-order valence-corrected chi connectivity index (χ2v) is 3.48. The summed E-state index contributed by atoms with van der Waals surface area (Å²) in [6.45, 7) is 6.66. The maximum absolute atomic E-state index is 12.1. The number of carbonyl (C=O) groups excluding carboxylic acids is 1. The fourth-order valence-electron chi connectivity index (χ4n) is 1.46. The van der Waals surface area contributed by atoms with Gasteiger partial charge in [-0.2, -0.15) is 0 Å². The van der Waals surface area contributed by atoms with Crippen LogP contribution in [0.4, 0.5) is 11.4 Å². The van der Waals surface area contributed by atoms with Crippen LogP contribution >= 0.6 is 0 Å². The lowest BCUT2D eigenvalue weighted by molar-refractivity contribution is 0.0783. The third-order valence-electron chi connectivity index (χ3n) is 2.32. The van der Waals surface area contributed by atoms with E-state index >= 15 is 0 Å². The maximum Gasteiger partial charge on any atom is 0.256 e. The van der Waals surface area contributed by atoms with Crippen molar-refractivity contribution >= 4 is 17.3 Å². The summed E-state index contributed by atoms with van der Waals surface area (Å²) in [5.74, 6) is -0.0973. The highest BCUT2D eigenvalue weighted by Gasteiger charge is 2.15. The Kier molecular flexibility index (Phi) is 3.94. The quantitative estimate of drug-likeness (QED) is 0.595. The van der Waals surface area contributed by atoms with Gasteiger partial charge in [0.05, 0.1) is 5.56 Å². The van der Waals surface area contributed by atoms with Gasteiger partial charge in [-0.15, -0.1) is 6.58 Å². The van der Waals surface area contributed by atoms with E-state index in [1.807, 2.05) is 6.92 Å². The molecular weight excluding hydrogens is 202 g/mol. The maximum atomic E-state index is 12.1. The number of nitrogen functional groups attached to an aromatic ring is 2. The van der Waals surface area contributed by atoms with Crippen molar-refractivity contribution in [2.45, 2.75) is 6.92 Å². The summed E-state index contributed by atoms with van der Waals surface area (Å²) >= 11 is 0. The van der Waals surface area contributed by atoms with Gasteiger partial charge in [-0.1, -0.05) is 6.08 Å². The third-order valence-corrected chi connectivity index (χ3v) is 2.32. The minimum Gasteiger partial charge on any atom is -0.399 e. The van der Waals surface area contributed by atoms with E-state index in [0.29, 0.717) is 30.0 Å². The largest absolute Gasteiger partial charge is 0.399 e. The molecule has 0 aliphatic carbocycles. The molecule has 1 aromatic rings. The lowest BCUT2D eigenvalue weighted by atomic mass is 10.1. The Labute approximate surface area is 95.5 Å². The van der Waals surface area contributed by atoms with Crippen LogP contribution in [0.15, 0.2) is 30.9 Å². The molecule has 0 atom stereocenters. The molecule has 0 aliphatic rings. The number of benzene rings is 1. The Morgan fingerprint density at radius 1 is 1.50 bits per heavy atom. The van der Waals surface area contributed by atoms with Crippen LogP contribution < -0.4 is 11.5 Å². The fraction of sp³-hybridized carbons (Fsp3) is 0.250. The van der Waals surface area contributed by atoms with Gasteiger partial charge in [-0.05, 0) is 25.1 Å². The molecule has 4 nitrogen and oxygen atoms in total. The van der Waals surface area contributed by atoms with E-state index in [4.69, 9.17) is 11.5 Å². The number of amides is 1. The molecule has 16 heavy (non-hydrogen) atoms. The van der Waals surface area contributed by atoms with Gasteiger partial charge < -0.3 is 16.4 Å². The molecule has 0 heterocycles. The molecule has 1 amide bonds. The number of hydrogen-bond acceptors (Lipinski definition) is 3. The first kappa shape index (κ1) is 12.1. The molecule has 0 saturated carbocycles. The Bertz CT molecular complexity index is 401. The second-order valence-electron chi connectivity index (χ2n) is 3.48. The van der Waals surface area contributed by atoms with E-state index in [9.17, 15) is 4.79 Å². The number of rotatable bonds is 4. The first-order chi connectivity index (χ1) is 7.60. The molecule has 0 aliphatic heterocycles. The Balaban J connectivity index is 2.98. The van der Waals surface area contributed by atoms with Gasteiger partial charge in [0.1, 0.15) is 0 Å². The van der Waals surface area contributed by atoms with Crippen molar-refractivity contribution < 1.29 is 4.79 Å². The van der Waals surface area contributed by atoms with Gasteiger partial charge in [0.25, 0.3) is 5.91 Å². The molecule has 4 heteroatoms.